The quantitative estimate of drug-likeness (QED) is 0.782. The number of hydrogen-bond acceptors (Lipinski definition) is 4. The Morgan fingerprint density at radius 1 is 0.933 bits per heavy atom. The van der Waals surface area contributed by atoms with Gasteiger partial charge in [-0.15, -0.1) is 0 Å². The highest BCUT2D eigenvalue weighted by molar-refractivity contribution is 5.94. The molecule has 1 aromatic heterocycles. The molecule has 1 atom stereocenters. The van der Waals surface area contributed by atoms with Gasteiger partial charge >= 0.3 is 0 Å². The molecule has 2 fully saturated rings. The molecule has 0 saturated carbocycles. The van der Waals surface area contributed by atoms with Crippen molar-refractivity contribution in [2.45, 2.75) is 51.9 Å². The number of likely N-dealkylation sites (tertiary alicyclic amines) is 2. The minimum absolute atomic E-state index is 0.0651. The topological polar surface area (TPSA) is 66.4 Å². The van der Waals surface area contributed by atoms with Crippen molar-refractivity contribution in [2.75, 3.05) is 26.2 Å². The SMILES string of the molecule is Cc1nc([C@H]2CCN(C(=O)c3ccccc3)C2)nc(C)c1CC(=O)N1CCCCC1. The summed E-state index contributed by atoms with van der Waals surface area (Å²) in [6.07, 6.45) is 4.65. The van der Waals surface area contributed by atoms with Gasteiger partial charge in [-0.05, 0) is 51.7 Å². The van der Waals surface area contributed by atoms with Crippen LogP contribution in [0.4, 0.5) is 0 Å². The summed E-state index contributed by atoms with van der Waals surface area (Å²) in [6.45, 7) is 7.03. The molecule has 2 amide bonds. The summed E-state index contributed by atoms with van der Waals surface area (Å²) in [5.41, 5.74) is 3.44. The number of rotatable bonds is 4. The van der Waals surface area contributed by atoms with Gasteiger partial charge in [0.2, 0.25) is 5.91 Å². The number of carbonyl (C=O) groups excluding carboxylic acids is 2. The van der Waals surface area contributed by atoms with Gasteiger partial charge in [0.15, 0.2) is 0 Å². The Labute approximate surface area is 178 Å². The van der Waals surface area contributed by atoms with Gasteiger partial charge in [0.1, 0.15) is 5.82 Å². The summed E-state index contributed by atoms with van der Waals surface area (Å²) >= 11 is 0. The van der Waals surface area contributed by atoms with E-state index in [1.54, 1.807) is 0 Å². The van der Waals surface area contributed by atoms with Crippen molar-refractivity contribution < 1.29 is 9.59 Å². The zero-order valence-corrected chi connectivity index (χ0v) is 17.9. The second-order valence-corrected chi connectivity index (χ2v) is 8.45. The van der Waals surface area contributed by atoms with E-state index in [0.29, 0.717) is 13.0 Å². The fourth-order valence-corrected chi connectivity index (χ4v) is 4.53. The maximum Gasteiger partial charge on any atom is 0.253 e. The van der Waals surface area contributed by atoms with Crippen molar-refractivity contribution in [1.82, 2.24) is 19.8 Å². The average molecular weight is 407 g/mol. The van der Waals surface area contributed by atoms with Gasteiger partial charge in [-0.25, -0.2) is 9.97 Å². The van der Waals surface area contributed by atoms with E-state index in [1.807, 2.05) is 54.0 Å². The molecular formula is C24H30N4O2. The average Bonchev–Trinajstić information content (AvgIpc) is 3.27. The molecule has 6 heteroatoms. The highest BCUT2D eigenvalue weighted by Crippen LogP contribution is 2.27. The van der Waals surface area contributed by atoms with Crippen molar-refractivity contribution in [3.05, 3.63) is 58.7 Å². The van der Waals surface area contributed by atoms with Crippen LogP contribution < -0.4 is 0 Å². The third-order valence-corrected chi connectivity index (χ3v) is 6.34. The van der Waals surface area contributed by atoms with Crippen molar-refractivity contribution in [3.63, 3.8) is 0 Å². The van der Waals surface area contributed by atoms with Crippen LogP contribution >= 0.6 is 0 Å². The smallest absolute Gasteiger partial charge is 0.253 e. The maximum absolute atomic E-state index is 12.7. The van der Waals surface area contributed by atoms with Gasteiger partial charge in [-0.3, -0.25) is 9.59 Å². The molecule has 0 unspecified atom stereocenters. The van der Waals surface area contributed by atoms with Crippen molar-refractivity contribution in [2.24, 2.45) is 0 Å². The number of benzene rings is 1. The molecule has 30 heavy (non-hydrogen) atoms. The van der Waals surface area contributed by atoms with E-state index in [9.17, 15) is 9.59 Å². The molecule has 2 aromatic rings. The molecule has 4 rings (SSSR count). The highest BCUT2D eigenvalue weighted by atomic mass is 16.2. The molecule has 0 N–H and O–H groups in total. The van der Waals surface area contributed by atoms with Crippen LogP contribution in [0.25, 0.3) is 0 Å². The first kappa shape index (κ1) is 20.5. The van der Waals surface area contributed by atoms with Crippen molar-refractivity contribution in [1.29, 1.82) is 0 Å². The van der Waals surface area contributed by atoms with Crippen LogP contribution in [-0.2, 0) is 11.2 Å². The Kier molecular flexibility index (Phi) is 6.11. The molecule has 2 aliphatic heterocycles. The standard InChI is InChI=1S/C24H30N4O2/c1-17-21(15-22(29)27-12-7-4-8-13-27)18(2)26-23(25-17)20-11-14-28(16-20)24(30)19-9-5-3-6-10-19/h3,5-6,9-10,20H,4,7-8,11-16H2,1-2H3/t20-/m0/s1. The second kappa shape index (κ2) is 8.94. The molecule has 0 aliphatic carbocycles. The number of nitrogens with zero attached hydrogens (tertiary/aromatic N) is 4. The Morgan fingerprint density at radius 3 is 2.27 bits per heavy atom. The fraction of sp³-hybridized carbons (Fsp3) is 0.500. The zero-order chi connectivity index (χ0) is 21.1. The lowest BCUT2D eigenvalue weighted by Gasteiger charge is -2.27. The van der Waals surface area contributed by atoms with Crippen molar-refractivity contribution in [3.8, 4) is 0 Å². The third kappa shape index (κ3) is 4.37. The number of carbonyl (C=O) groups is 2. The zero-order valence-electron chi connectivity index (χ0n) is 17.9. The van der Waals surface area contributed by atoms with Crippen LogP contribution in [0.15, 0.2) is 30.3 Å². The fourth-order valence-electron chi connectivity index (χ4n) is 4.53. The maximum atomic E-state index is 12.7. The number of aromatic nitrogens is 2. The monoisotopic (exact) mass is 406 g/mol. The van der Waals surface area contributed by atoms with E-state index in [0.717, 1.165) is 67.2 Å². The third-order valence-electron chi connectivity index (χ3n) is 6.34. The minimum Gasteiger partial charge on any atom is -0.342 e. The van der Waals surface area contributed by atoms with Crippen LogP contribution in [0.2, 0.25) is 0 Å². The van der Waals surface area contributed by atoms with Crippen LogP contribution in [0.3, 0.4) is 0 Å². The van der Waals surface area contributed by atoms with Gasteiger partial charge in [0, 0.05) is 54.6 Å². The summed E-state index contributed by atoms with van der Waals surface area (Å²) in [4.78, 5) is 38.8. The molecule has 6 nitrogen and oxygen atoms in total. The van der Waals surface area contributed by atoms with E-state index in [2.05, 4.69) is 0 Å². The summed E-state index contributed by atoms with van der Waals surface area (Å²) in [7, 11) is 0. The highest BCUT2D eigenvalue weighted by Gasteiger charge is 2.30. The number of aryl methyl sites for hydroxylation is 2. The number of hydrogen-bond donors (Lipinski definition) is 0. The Bertz CT molecular complexity index is 899. The summed E-state index contributed by atoms with van der Waals surface area (Å²) < 4.78 is 0. The Balaban J connectivity index is 1.44. The first-order valence-electron chi connectivity index (χ1n) is 11.0. The van der Waals surface area contributed by atoms with E-state index in [1.165, 1.54) is 6.42 Å². The van der Waals surface area contributed by atoms with Gasteiger partial charge in [0.05, 0.1) is 6.42 Å². The molecule has 0 spiro atoms. The summed E-state index contributed by atoms with van der Waals surface area (Å²) in [5, 5.41) is 0. The lowest BCUT2D eigenvalue weighted by molar-refractivity contribution is -0.131. The number of amides is 2. The van der Waals surface area contributed by atoms with E-state index in [-0.39, 0.29) is 17.7 Å². The Hall–Kier alpha value is -2.76. The molecular weight excluding hydrogens is 376 g/mol. The largest absolute Gasteiger partial charge is 0.342 e. The molecule has 3 heterocycles. The summed E-state index contributed by atoms with van der Waals surface area (Å²) in [6, 6.07) is 9.41. The van der Waals surface area contributed by atoms with Gasteiger partial charge in [-0.2, -0.15) is 0 Å². The molecule has 0 bridgehead atoms. The van der Waals surface area contributed by atoms with Crippen LogP contribution in [0, 0.1) is 13.8 Å². The molecule has 2 saturated heterocycles. The second-order valence-electron chi connectivity index (χ2n) is 8.45. The first-order valence-corrected chi connectivity index (χ1v) is 11.0. The van der Waals surface area contributed by atoms with Crippen LogP contribution in [-0.4, -0.2) is 57.8 Å². The van der Waals surface area contributed by atoms with E-state index in [4.69, 9.17) is 9.97 Å². The first-order chi connectivity index (χ1) is 14.5. The Morgan fingerprint density at radius 2 is 1.60 bits per heavy atom. The predicted octanol–water partition coefficient (Wildman–Crippen LogP) is 3.28. The minimum atomic E-state index is 0.0651. The number of piperidine rings is 1. The van der Waals surface area contributed by atoms with Crippen molar-refractivity contribution >= 4 is 11.8 Å². The van der Waals surface area contributed by atoms with Gasteiger partial charge < -0.3 is 9.80 Å². The van der Waals surface area contributed by atoms with Crippen LogP contribution in [0.1, 0.15) is 64.7 Å². The van der Waals surface area contributed by atoms with Gasteiger partial charge in [-0.1, -0.05) is 18.2 Å². The van der Waals surface area contributed by atoms with E-state index >= 15 is 0 Å². The molecule has 2 aliphatic rings. The molecule has 158 valence electrons. The van der Waals surface area contributed by atoms with E-state index < -0.39 is 0 Å². The lowest BCUT2D eigenvalue weighted by Crippen LogP contribution is -2.37. The molecule has 1 aromatic carbocycles. The lowest BCUT2D eigenvalue weighted by atomic mass is 10.0. The summed E-state index contributed by atoms with van der Waals surface area (Å²) in [5.74, 6) is 1.18. The molecule has 0 radical (unpaired) electrons. The van der Waals surface area contributed by atoms with Crippen LogP contribution in [0.5, 0.6) is 0 Å². The van der Waals surface area contributed by atoms with Gasteiger partial charge in [0.25, 0.3) is 5.91 Å². The normalized spacial score (nSPS) is 19.2. The predicted molar refractivity (Wildman–Crippen MR) is 115 cm³/mol.